The van der Waals surface area contributed by atoms with Crippen molar-refractivity contribution in [3.8, 4) is 0 Å². The highest BCUT2D eigenvalue weighted by Gasteiger charge is 2.20. The van der Waals surface area contributed by atoms with Crippen molar-refractivity contribution in [1.29, 1.82) is 0 Å². The molecule has 8 heteroatoms. The predicted octanol–water partition coefficient (Wildman–Crippen LogP) is 0.694. The number of nitrogens with zero attached hydrogens (tertiary/aromatic N) is 3. The summed E-state index contributed by atoms with van der Waals surface area (Å²) in [6.45, 7) is 2.34. The van der Waals surface area contributed by atoms with E-state index in [4.69, 9.17) is 16.6 Å². The first-order valence-corrected chi connectivity index (χ1v) is 7.62. The Balaban J connectivity index is 1.76. The van der Waals surface area contributed by atoms with Gasteiger partial charge in [-0.2, -0.15) is 4.73 Å². The normalized spacial score (nSPS) is 17.2. The van der Waals surface area contributed by atoms with Crippen LogP contribution in [0.15, 0.2) is 24.5 Å². The molecule has 1 aromatic rings. The molecule has 0 unspecified atom stereocenters. The zero-order chi connectivity index (χ0) is 15.9. The summed E-state index contributed by atoms with van der Waals surface area (Å²) in [5.41, 5.74) is 0.109. The van der Waals surface area contributed by atoms with E-state index in [1.807, 2.05) is 0 Å². The lowest BCUT2D eigenvalue weighted by atomic mass is 10.1. The van der Waals surface area contributed by atoms with E-state index in [0.717, 1.165) is 32.1 Å². The Labute approximate surface area is 134 Å². The summed E-state index contributed by atoms with van der Waals surface area (Å²) < 4.78 is 1.03. The maximum Gasteiger partial charge on any atom is 0.298 e. The molecule has 22 heavy (non-hydrogen) atoms. The van der Waals surface area contributed by atoms with Gasteiger partial charge in [-0.15, -0.1) is 4.58 Å². The molecule has 0 aliphatic carbocycles. The minimum Gasteiger partial charge on any atom is -0.619 e. The lowest BCUT2D eigenvalue weighted by Gasteiger charge is -2.28. The Morgan fingerprint density at radius 3 is 2.91 bits per heavy atom. The molecule has 1 fully saturated rings. The van der Waals surface area contributed by atoms with E-state index < -0.39 is 12.0 Å². The van der Waals surface area contributed by atoms with E-state index in [1.54, 1.807) is 0 Å². The smallest absolute Gasteiger partial charge is 0.298 e. The lowest BCUT2D eigenvalue weighted by molar-refractivity contribution is -0.605. The minimum atomic E-state index is -0.729. The Morgan fingerprint density at radius 2 is 2.23 bits per heavy atom. The zero-order valence-corrected chi connectivity index (χ0v) is 13.0. The molecular weight excluding hydrogens is 310 g/mol. The van der Waals surface area contributed by atoms with Crippen LogP contribution < -0.4 is 4.73 Å². The third kappa shape index (κ3) is 5.10. The summed E-state index contributed by atoms with van der Waals surface area (Å²) >= 11 is 5.73. The monoisotopic (exact) mass is 329 g/mol. The maximum absolute atomic E-state index is 11.9. The Kier molecular flexibility index (Phi) is 6.38. The van der Waals surface area contributed by atoms with Gasteiger partial charge in [0.05, 0.1) is 6.10 Å². The number of carbonyl (C=O) groups is 1. The molecule has 1 atom stereocenters. The van der Waals surface area contributed by atoms with Crippen molar-refractivity contribution < 1.29 is 19.5 Å². The van der Waals surface area contributed by atoms with E-state index in [9.17, 15) is 15.1 Å². The molecule has 0 bridgehead atoms. The number of likely N-dealkylation sites (tertiary alicyclic amines) is 1. The molecule has 1 aliphatic heterocycles. The van der Waals surface area contributed by atoms with Crippen LogP contribution in [0.25, 0.3) is 0 Å². The van der Waals surface area contributed by atoms with E-state index >= 15 is 0 Å². The number of piperidine rings is 1. The van der Waals surface area contributed by atoms with Crippen LogP contribution in [0.1, 0.15) is 29.6 Å². The highest BCUT2D eigenvalue weighted by Crippen LogP contribution is 2.10. The van der Waals surface area contributed by atoms with Crippen molar-refractivity contribution in [1.82, 2.24) is 9.48 Å². The molecule has 0 aromatic carbocycles. The second-order valence-electron chi connectivity index (χ2n) is 5.31. The topological polar surface area (TPSA) is 80.0 Å². The fourth-order valence-corrected chi connectivity index (χ4v) is 2.54. The Morgan fingerprint density at radius 1 is 1.50 bits per heavy atom. The molecule has 0 spiro atoms. The van der Waals surface area contributed by atoms with Gasteiger partial charge in [0.15, 0.2) is 12.4 Å². The van der Waals surface area contributed by atoms with Crippen LogP contribution in [0.2, 0.25) is 0 Å². The van der Waals surface area contributed by atoms with Crippen LogP contribution in [0, 0.1) is 5.21 Å². The highest BCUT2D eigenvalue weighted by atomic mass is 35.5. The van der Waals surface area contributed by atoms with Crippen molar-refractivity contribution >= 4 is 17.7 Å². The molecule has 1 aliphatic rings. The van der Waals surface area contributed by atoms with Crippen molar-refractivity contribution in [2.45, 2.75) is 25.4 Å². The van der Waals surface area contributed by atoms with Crippen molar-refractivity contribution in [2.24, 2.45) is 0 Å². The van der Waals surface area contributed by atoms with Crippen LogP contribution in [0.4, 0.5) is 0 Å². The van der Waals surface area contributed by atoms with Gasteiger partial charge in [-0.3, -0.25) is 9.63 Å². The van der Waals surface area contributed by atoms with E-state index in [1.165, 1.54) is 24.8 Å². The van der Waals surface area contributed by atoms with Crippen LogP contribution in [0.3, 0.4) is 0 Å². The number of halogens is 1. The number of amides is 1. The third-order valence-electron chi connectivity index (χ3n) is 3.48. The van der Waals surface area contributed by atoms with Gasteiger partial charge in [-0.1, -0.05) is 6.42 Å². The number of aromatic nitrogens is 1. The fourth-order valence-electron chi connectivity index (χ4n) is 2.39. The van der Waals surface area contributed by atoms with Crippen LogP contribution in [-0.4, -0.2) is 52.8 Å². The van der Waals surface area contributed by atoms with Gasteiger partial charge in [0.1, 0.15) is 12.2 Å². The summed E-state index contributed by atoms with van der Waals surface area (Å²) in [5.74, 6) is -0.656. The van der Waals surface area contributed by atoms with E-state index in [-0.39, 0.29) is 12.2 Å². The molecule has 1 saturated heterocycles. The van der Waals surface area contributed by atoms with Crippen molar-refractivity contribution in [3.05, 3.63) is 35.3 Å². The number of hydrogen-bond donors (Lipinski definition) is 1. The molecule has 0 saturated carbocycles. The van der Waals surface area contributed by atoms with Gasteiger partial charge in [-0.05, 0) is 32.0 Å². The second kappa shape index (κ2) is 8.28. The molecule has 7 nitrogen and oxygen atoms in total. The standard InChI is InChI=1S/C14H20ClN3O4/c15-18(14(20)12-5-4-8-17(21)9-12)22-11-13(19)10-16-6-2-1-3-7-16/h4-5,8-9,13,19H,1-3,6-7,10-11H2/t13-/m0/s1. The molecule has 122 valence electrons. The van der Waals surface area contributed by atoms with Gasteiger partial charge in [-0.25, -0.2) is 0 Å². The molecule has 1 aromatic heterocycles. The van der Waals surface area contributed by atoms with Crippen LogP contribution in [0.5, 0.6) is 0 Å². The summed E-state index contributed by atoms with van der Waals surface area (Å²) in [4.78, 5) is 19.1. The van der Waals surface area contributed by atoms with Crippen molar-refractivity contribution in [3.63, 3.8) is 0 Å². The second-order valence-corrected chi connectivity index (χ2v) is 5.62. The molecular formula is C14H20ClN3O4. The summed E-state index contributed by atoms with van der Waals surface area (Å²) in [5, 5.41) is 21.1. The Hall–Kier alpha value is -1.41. The lowest BCUT2D eigenvalue weighted by Crippen LogP contribution is -2.39. The molecule has 0 radical (unpaired) electrons. The molecule has 2 heterocycles. The number of hydroxylamine groups is 1. The summed E-state index contributed by atoms with van der Waals surface area (Å²) in [6, 6.07) is 2.90. The maximum atomic E-state index is 11.9. The number of carbonyl (C=O) groups excluding carboxylic acids is 1. The molecule has 2 rings (SSSR count). The summed E-state index contributed by atoms with van der Waals surface area (Å²) in [6.07, 6.45) is 5.13. The quantitative estimate of drug-likeness (QED) is 0.359. The van der Waals surface area contributed by atoms with Gasteiger partial charge >= 0.3 is 0 Å². The first-order chi connectivity index (χ1) is 10.6. The fraction of sp³-hybridized carbons (Fsp3) is 0.571. The number of aliphatic hydroxyl groups excluding tert-OH is 1. The van der Waals surface area contributed by atoms with Crippen molar-refractivity contribution in [2.75, 3.05) is 26.2 Å². The summed E-state index contributed by atoms with van der Waals surface area (Å²) in [7, 11) is 0. The molecule has 1 amide bonds. The van der Waals surface area contributed by atoms with Gasteiger partial charge < -0.3 is 15.2 Å². The Bertz CT molecular complexity index is 497. The predicted molar refractivity (Wildman–Crippen MR) is 79.7 cm³/mol. The number of aliphatic hydroxyl groups is 1. The SMILES string of the molecule is O=C(c1ccc[n+]([O-])c1)N(Cl)OC[C@@H](O)CN1CCCCC1. The first kappa shape index (κ1) is 17.0. The van der Waals surface area contributed by atoms with Gasteiger partial charge in [0.2, 0.25) is 0 Å². The first-order valence-electron chi connectivity index (χ1n) is 7.28. The van der Waals surface area contributed by atoms with Crippen LogP contribution >= 0.6 is 11.8 Å². The molecule has 1 N–H and O–H groups in total. The average molecular weight is 330 g/mol. The third-order valence-corrected chi connectivity index (χ3v) is 3.73. The number of pyridine rings is 1. The van der Waals surface area contributed by atoms with E-state index in [0.29, 0.717) is 15.9 Å². The number of β-amino-alcohol motifs (C(OH)–C–C–N with tert-alkyl or cyclic N) is 1. The zero-order valence-electron chi connectivity index (χ0n) is 12.2. The number of rotatable bonds is 6. The van der Waals surface area contributed by atoms with Crippen LogP contribution in [-0.2, 0) is 4.84 Å². The minimum absolute atomic E-state index is 0.0874. The number of hydrogen-bond acceptors (Lipinski definition) is 5. The average Bonchev–Trinajstić information content (AvgIpc) is 2.53. The highest BCUT2D eigenvalue weighted by molar-refractivity contribution is 6.22. The van der Waals surface area contributed by atoms with Gasteiger partial charge in [0, 0.05) is 24.4 Å². The van der Waals surface area contributed by atoms with Gasteiger partial charge in [0.25, 0.3) is 5.91 Å². The van der Waals surface area contributed by atoms with E-state index in [2.05, 4.69) is 4.90 Å². The largest absolute Gasteiger partial charge is 0.619 e.